The minimum absolute atomic E-state index is 0.0141. The van der Waals surface area contributed by atoms with Gasteiger partial charge in [-0.15, -0.1) is 0 Å². The molecule has 1 aromatic heterocycles. The average Bonchev–Trinajstić information content (AvgIpc) is 3.48. The average molecular weight is 549 g/mol. The van der Waals surface area contributed by atoms with Crippen LogP contribution in [0, 0.1) is 17.0 Å². The molecule has 8 nitrogen and oxygen atoms in total. The van der Waals surface area contributed by atoms with Gasteiger partial charge in [0.05, 0.1) is 22.0 Å². The molecule has 1 aliphatic heterocycles. The number of aryl methyl sites for hydroxylation is 1. The fourth-order valence-electron chi connectivity index (χ4n) is 5.16. The molecule has 3 aromatic carbocycles. The summed E-state index contributed by atoms with van der Waals surface area (Å²) in [6, 6.07) is 25.7. The Labute approximate surface area is 239 Å². The predicted octanol–water partition coefficient (Wildman–Crippen LogP) is 6.47. The molecule has 0 spiro atoms. The largest absolute Gasteiger partial charge is 0.330 e. The van der Waals surface area contributed by atoms with E-state index in [1.807, 2.05) is 73.5 Å². The fourth-order valence-corrected chi connectivity index (χ4v) is 5.16. The number of rotatable bonds is 9. The molecule has 1 aliphatic rings. The molecule has 0 N–H and O–H groups in total. The third-order valence-corrected chi connectivity index (χ3v) is 7.32. The molecule has 208 valence electrons. The number of nitrogens with zero attached hydrogens (tertiary/aromatic N) is 4. The number of amides is 2. The molecular weight excluding hydrogens is 516 g/mol. The van der Waals surface area contributed by atoms with Crippen LogP contribution in [0.4, 0.5) is 11.4 Å². The van der Waals surface area contributed by atoms with Crippen LogP contribution in [0.25, 0.3) is 11.8 Å². The predicted molar refractivity (Wildman–Crippen MR) is 160 cm³/mol. The standard InChI is InChI=1S/C33H32N4O4/c1-3-4-21-34(31(38)20-15-25-13-18-27(19-14-25)37(40)41)23-32(39)36-29-9-6-5-8-28(29)35-22-7-10-30(35)33(36)26-16-11-24(2)12-17-26/h5-20,22,33H,3-4,21,23H2,1-2H3/b20-15+/t33-/m0/s1. The fraction of sp³-hybridized carbons (Fsp3) is 0.212. The summed E-state index contributed by atoms with van der Waals surface area (Å²) in [5.74, 6) is -0.464. The van der Waals surface area contributed by atoms with Crippen molar-refractivity contribution < 1.29 is 14.5 Å². The zero-order valence-electron chi connectivity index (χ0n) is 23.1. The first-order valence-corrected chi connectivity index (χ1v) is 13.7. The molecule has 0 saturated carbocycles. The number of aromatic nitrogens is 1. The number of carbonyl (C=O) groups excluding carboxylic acids is 2. The van der Waals surface area contributed by atoms with Crippen molar-refractivity contribution in [3.05, 3.63) is 130 Å². The summed E-state index contributed by atoms with van der Waals surface area (Å²) in [5, 5.41) is 10.9. The highest BCUT2D eigenvalue weighted by Crippen LogP contribution is 2.42. The maximum absolute atomic E-state index is 14.2. The molecule has 0 bridgehead atoms. The zero-order chi connectivity index (χ0) is 28.9. The van der Waals surface area contributed by atoms with Crippen LogP contribution in [-0.4, -0.2) is 39.3 Å². The van der Waals surface area contributed by atoms with Crippen LogP contribution in [0.3, 0.4) is 0 Å². The third kappa shape index (κ3) is 5.82. The topological polar surface area (TPSA) is 88.7 Å². The summed E-state index contributed by atoms with van der Waals surface area (Å²) in [6.45, 7) is 4.43. The maximum Gasteiger partial charge on any atom is 0.269 e. The van der Waals surface area contributed by atoms with Gasteiger partial charge < -0.3 is 9.47 Å². The van der Waals surface area contributed by atoms with Gasteiger partial charge in [-0.3, -0.25) is 24.6 Å². The molecular formula is C33H32N4O4. The van der Waals surface area contributed by atoms with Gasteiger partial charge >= 0.3 is 0 Å². The van der Waals surface area contributed by atoms with E-state index in [0.717, 1.165) is 41.0 Å². The molecule has 0 radical (unpaired) electrons. The number of nitro benzene ring substituents is 1. The number of nitro groups is 1. The molecule has 2 amide bonds. The van der Waals surface area contributed by atoms with Crippen molar-refractivity contribution in [3.63, 3.8) is 0 Å². The second kappa shape index (κ2) is 12.0. The highest BCUT2D eigenvalue weighted by Gasteiger charge is 2.36. The van der Waals surface area contributed by atoms with Gasteiger partial charge in [0.1, 0.15) is 12.6 Å². The van der Waals surface area contributed by atoms with E-state index < -0.39 is 4.92 Å². The van der Waals surface area contributed by atoms with E-state index >= 15 is 0 Å². The van der Waals surface area contributed by atoms with E-state index in [1.165, 1.54) is 18.2 Å². The number of hydrogen-bond acceptors (Lipinski definition) is 4. The first-order chi connectivity index (χ1) is 19.9. The van der Waals surface area contributed by atoms with Crippen molar-refractivity contribution in [3.8, 4) is 5.69 Å². The summed E-state index contributed by atoms with van der Waals surface area (Å²) in [4.78, 5) is 41.5. The maximum atomic E-state index is 14.2. The smallest absolute Gasteiger partial charge is 0.269 e. The van der Waals surface area contributed by atoms with Gasteiger partial charge in [-0.1, -0.05) is 55.3 Å². The van der Waals surface area contributed by atoms with Crippen LogP contribution in [0.2, 0.25) is 0 Å². The number of anilines is 1. The van der Waals surface area contributed by atoms with Gasteiger partial charge in [0, 0.05) is 31.0 Å². The monoisotopic (exact) mass is 548 g/mol. The summed E-state index contributed by atoms with van der Waals surface area (Å²) in [6.07, 6.45) is 6.68. The molecule has 0 fully saturated rings. The zero-order valence-corrected chi connectivity index (χ0v) is 23.1. The second-order valence-corrected chi connectivity index (χ2v) is 10.2. The lowest BCUT2D eigenvalue weighted by Gasteiger charge is -2.39. The number of hydrogen-bond donors (Lipinski definition) is 0. The molecule has 1 atom stereocenters. The van der Waals surface area contributed by atoms with E-state index in [-0.39, 0.29) is 30.1 Å². The Bertz CT molecular complexity index is 1590. The van der Waals surface area contributed by atoms with Gasteiger partial charge in [-0.05, 0) is 66.9 Å². The van der Waals surface area contributed by atoms with Crippen LogP contribution in [0.15, 0.2) is 97.2 Å². The Morgan fingerprint density at radius 3 is 2.34 bits per heavy atom. The molecule has 4 aromatic rings. The van der Waals surface area contributed by atoms with Crippen molar-refractivity contribution in [1.29, 1.82) is 0 Å². The number of benzene rings is 3. The van der Waals surface area contributed by atoms with Crippen LogP contribution >= 0.6 is 0 Å². The van der Waals surface area contributed by atoms with Crippen LogP contribution in [0.5, 0.6) is 0 Å². The lowest BCUT2D eigenvalue weighted by atomic mass is 9.97. The van der Waals surface area contributed by atoms with Crippen molar-refractivity contribution in [2.24, 2.45) is 0 Å². The van der Waals surface area contributed by atoms with Crippen LogP contribution < -0.4 is 4.90 Å². The number of fused-ring (bicyclic) bond motifs is 3. The Morgan fingerprint density at radius 1 is 0.951 bits per heavy atom. The second-order valence-electron chi connectivity index (χ2n) is 10.2. The van der Waals surface area contributed by atoms with Crippen molar-refractivity contribution in [2.45, 2.75) is 32.7 Å². The molecule has 41 heavy (non-hydrogen) atoms. The van der Waals surface area contributed by atoms with Crippen LogP contribution in [-0.2, 0) is 9.59 Å². The number of para-hydroxylation sites is 2. The molecule has 2 heterocycles. The Kier molecular flexibility index (Phi) is 8.10. The number of unbranched alkanes of at least 4 members (excludes halogenated alkanes) is 1. The van der Waals surface area contributed by atoms with Gasteiger partial charge in [0.15, 0.2) is 0 Å². The SMILES string of the molecule is CCCCN(CC(=O)N1c2ccccc2-n2cccc2[C@@H]1c1ccc(C)cc1)C(=O)/C=C/c1ccc([N+](=O)[O-])cc1. The quantitative estimate of drug-likeness (QED) is 0.136. The molecule has 0 aliphatic carbocycles. The lowest BCUT2D eigenvalue weighted by molar-refractivity contribution is -0.384. The third-order valence-electron chi connectivity index (χ3n) is 7.32. The van der Waals surface area contributed by atoms with E-state index in [4.69, 9.17) is 0 Å². The minimum Gasteiger partial charge on any atom is -0.330 e. The summed E-state index contributed by atoms with van der Waals surface area (Å²) < 4.78 is 2.12. The number of carbonyl (C=O) groups is 2. The minimum atomic E-state index is -0.462. The molecule has 0 saturated heterocycles. The lowest BCUT2D eigenvalue weighted by Crippen LogP contribution is -2.46. The van der Waals surface area contributed by atoms with E-state index in [1.54, 1.807) is 23.1 Å². The van der Waals surface area contributed by atoms with Crippen molar-refractivity contribution >= 4 is 29.3 Å². The van der Waals surface area contributed by atoms with Crippen LogP contribution in [0.1, 0.15) is 48.2 Å². The molecule has 5 rings (SSSR count). The van der Waals surface area contributed by atoms with E-state index in [9.17, 15) is 19.7 Å². The first kappa shape index (κ1) is 27.6. The summed E-state index contributed by atoms with van der Waals surface area (Å²) >= 11 is 0. The normalized spacial score (nSPS) is 14.0. The van der Waals surface area contributed by atoms with Crippen molar-refractivity contribution in [1.82, 2.24) is 9.47 Å². The van der Waals surface area contributed by atoms with E-state index in [0.29, 0.717) is 12.1 Å². The number of non-ortho nitro benzene ring substituents is 1. The van der Waals surface area contributed by atoms with Gasteiger partial charge in [-0.2, -0.15) is 0 Å². The highest BCUT2D eigenvalue weighted by molar-refractivity contribution is 6.02. The Balaban J connectivity index is 1.46. The molecule has 0 unspecified atom stereocenters. The summed E-state index contributed by atoms with van der Waals surface area (Å²) in [5.41, 5.74) is 5.45. The van der Waals surface area contributed by atoms with Crippen molar-refractivity contribution in [2.75, 3.05) is 18.0 Å². The highest BCUT2D eigenvalue weighted by atomic mass is 16.6. The summed E-state index contributed by atoms with van der Waals surface area (Å²) in [7, 11) is 0. The van der Waals surface area contributed by atoms with Gasteiger partial charge in [0.25, 0.3) is 5.69 Å². The molecule has 8 heteroatoms. The Hall–Kier alpha value is -4.98. The first-order valence-electron chi connectivity index (χ1n) is 13.7. The Morgan fingerprint density at radius 2 is 1.66 bits per heavy atom. The van der Waals surface area contributed by atoms with E-state index in [2.05, 4.69) is 16.7 Å². The van der Waals surface area contributed by atoms with Gasteiger partial charge in [0.2, 0.25) is 11.8 Å². The van der Waals surface area contributed by atoms with Gasteiger partial charge in [-0.25, -0.2) is 0 Å².